The molecule has 2 aromatic carbocycles. The molecule has 0 aromatic heterocycles. The maximum absolute atomic E-state index is 12.0. The Morgan fingerprint density at radius 1 is 1.10 bits per heavy atom. The zero-order valence-electron chi connectivity index (χ0n) is 11.1. The lowest BCUT2D eigenvalue weighted by molar-refractivity contribution is 0.0955. The zero-order valence-corrected chi connectivity index (χ0v) is 11.1. The molecule has 1 aliphatic rings. The Balaban J connectivity index is 1.60. The van der Waals surface area contributed by atoms with E-state index in [4.69, 9.17) is 10.5 Å². The Labute approximate surface area is 117 Å². The van der Waals surface area contributed by atoms with Crippen molar-refractivity contribution in [3.8, 4) is 0 Å². The third-order valence-electron chi connectivity index (χ3n) is 3.42. The summed E-state index contributed by atoms with van der Waals surface area (Å²) in [6, 6.07) is 15.4. The molecule has 102 valence electrons. The average molecular weight is 268 g/mol. The summed E-state index contributed by atoms with van der Waals surface area (Å²) < 4.78 is 5.33. The van der Waals surface area contributed by atoms with E-state index in [0.29, 0.717) is 19.7 Å². The molecule has 0 atom stereocenters. The number of fused-ring (bicyclic) bond motifs is 1. The number of rotatable bonds is 2. The Hall–Kier alpha value is -2.49. The number of amides is 1. The molecule has 0 saturated carbocycles. The minimum Gasteiger partial charge on any atom is -0.445 e. The fourth-order valence-corrected chi connectivity index (χ4v) is 2.35. The molecule has 2 N–H and O–H groups in total. The van der Waals surface area contributed by atoms with Crippen molar-refractivity contribution in [3.05, 3.63) is 65.2 Å². The van der Waals surface area contributed by atoms with E-state index in [0.717, 1.165) is 22.4 Å². The molecule has 1 amide bonds. The molecule has 0 aliphatic carbocycles. The van der Waals surface area contributed by atoms with Gasteiger partial charge in [-0.2, -0.15) is 0 Å². The Morgan fingerprint density at radius 2 is 1.85 bits per heavy atom. The third-order valence-corrected chi connectivity index (χ3v) is 3.42. The monoisotopic (exact) mass is 268 g/mol. The van der Waals surface area contributed by atoms with Crippen LogP contribution in [0.2, 0.25) is 0 Å². The smallest absolute Gasteiger partial charge is 0.410 e. The summed E-state index contributed by atoms with van der Waals surface area (Å²) in [5.74, 6) is 0. The van der Waals surface area contributed by atoms with Crippen LogP contribution in [0.1, 0.15) is 16.7 Å². The van der Waals surface area contributed by atoms with E-state index in [2.05, 4.69) is 0 Å². The number of carbonyl (C=O) groups is 1. The molecule has 1 heterocycles. The van der Waals surface area contributed by atoms with Gasteiger partial charge in [-0.1, -0.05) is 36.4 Å². The van der Waals surface area contributed by atoms with Crippen molar-refractivity contribution in [3.63, 3.8) is 0 Å². The van der Waals surface area contributed by atoms with Crippen LogP contribution in [-0.4, -0.2) is 11.0 Å². The van der Waals surface area contributed by atoms with Crippen LogP contribution in [0.25, 0.3) is 0 Å². The van der Waals surface area contributed by atoms with Crippen LogP contribution in [0.4, 0.5) is 10.5 Å². The average Bonchev–Trinajstić information content (AvgIpc) is 2.89. The lowest BCUT2D eigenvalue weighted by Gasteiger charge is -2.15. The second-order valence-corrected chi connectivity index (χ2v) is 4.92. The number of nitrogen functional groups attached to an aromatic ring is 1. The van der Waals surface area contributed by atoms with E-state index in [1.54, 1.807) is 4.90 Å². The highest BCUT2D eigenvalue weighted by Crippen LogP contribution is 2.25. The summed E-state index contributed by atoms with van der Waals surface area (Å²) in [6.07, 6.45) is -0.288. The van der Waals surface area contributed by atoms with Gasteiger partial charge in [0.1, 0.15) is 6.61 Å². The Bertz CT molecular complexity index is 626. The highest BCUT2D eigenvalue weighted by molar-refractivity contribution is 5.69. The number of nitrogens with two attached hydrogens (primary N) is 1. The molecule has 3 rings (SSSR count). The predicted octanol–water partition coefficient (Wildman–Crippen LogP) is 2.92. The molecule has 0 unspecified atom stereocenters. The number of anilines is 1. The second kappa shape index (κ2) is 5.25. The summed E-state index contributed by atoms with van der Waals surface area (Å²) in [5.41, 5.74) is 9.70. The topological polar surface area (TPSA) is 55.6 Å². The Kier molecular flexibility index (Phi) is 3.29. The van der Waals surface area contributed by atoms with E-state index < -0.39 is 0 Å². The van der Waals surface area contributed by atoms with Crippen molar-refractivity contribution >= 4 is 11.8 Å². The van der Waals surface area contributed by atoms with Gasteiger partial charge in [0.05, 0.1) is 0 Å². The van der Waals surface area contributed by atoms with Gasteiger partial charge in [0.25, 0.3) is 0 Å². The maximum Gasteiger partial charge on any atom is 0.410 e. The number of hydrogen-bond donors (Lipinski definition) is 1. The number of hydrogen-bond acceptors (Lipinski definition) is 3. The summed E-state index contributed by atoms with van der Waals surface area (Å²) in [4.78, 5) is 13.7. The summed E-state index contributed by atoms with van der Waals surface area (Å²) >= 11 is 0. The van der Waals surface area contributed by atoms with Gasteiger partial charge >= 0.3 is 6.09 Å². The minimum absolute atomic E-state index is 0.288. The lowest BCUT2D eigenvalue weighted by Crippen LogP contribution is -2.25. The molecule has 2 aromatic rings. The fourth-order valence-electron chi connectivity index (χ4n) is 2.35. The SMILES string of the molecule is Nc1ccc2c(c1)CN(C(=O)OCc1ccccc1)C2. The molecule has 0 spiro atoms. The highest BCUT2D eigenvalue weighted by atomic mass is 16.6. The second-order valence-electron chi connectivity index (χ2n) is 4.92. The number of carbonyl (C=O) groups excluding carboxylic acids is 1. The van der Waals surface area contributed by atoms with Crippen molar-refractivity contribution in [2.24, 2.45) is 0 Å². The van der Waals surface area contributed by atoms with Crippen LogP contribution < -0.4 is 5.73 Å². The maximum atomic E-state index is 12.0. The van der Waals surface area contributed by atoms with Crippen LogP contribution in [0.5, 0.6) is 0 Å². The summed E-state index contributed by atoms with van der Waals surface area (Å²) in [6.45, 7) is 1.45. The van der Waals surface area contributed by atoms with Crippen molar-refractivity contribution in [2.75, 3.05) is 5.73 Å². The first-order valence-corrected chi connectivity index (χ1v) is 6.55. The van der Waals surface area contributed by atoms with Crippen LogP contribution in [0.15, 0.2) is 48.5 Å². The molecule has 0 bridgehead atoms. The lowest BCUT2D eigenvalue weighted by atomic mass is 10.1. The van der Waals surface area contributed by atoms with Crippen LogP contribution >= 0.6 is 0 Å². The van der Waals surface area contributed by atoms with E-state index >= 15 is 0 Å². The van der Waals surface area contributed by atoms with Gasteiger partial charge < -0.3 is 10.5 Å². The first-order chi connectivity index (χ1) is 9.72. The normalized spacial score (nSPS) is 13.1. The van der Waals surface area contributed by atoms with E-state index in [9.17, 15) is 4.79 Å². The van der Waals surface area contributed by atoms with Crippen molar-refractivity contribution in [1.82, 2.24) is 4.90 Å². The first-order valence-electron chi connectivity index (χ1n) is 6.55. The van der Waals surface area contributed by atoms with Gasteiger partial charge in [-0.3, -0.25) is 4.90 Å². The van der Waals surface area contributed by atoms with E-state index in [1.807, 2.05) is 48.5 Å². The van der Waals surface area contributed by atoms with Crippen LogP contribution in [0, 0.1) is 0 Å². The van der Waals surface area contributed by atoms with Crippen molar-refractivity contribution < 1.29 is 9.53 Å². The van der Waals surface area contributed by atoms with E-state index in [1.165, 1.54) is 0 Å². The number of benzene rings is 2. The minimum atomic E-state index is -0.288. The van der Waals surface area contributed by atoms with Gasteiger partial charge in [0.2, 0.25) is 0 Å². The summed E-state index contributed by atoms with van der Waals surface area (Å²) in [5, 5.41) is 0. The highest BCUT2D eigenvalue weighted by Gasteiger charge is 2.24. The van der Waals surface area contributed by atoms with Gasteiger partial charge in [0, 0.05) is 18.8 Å². The molecule has 0 radical (unpaired) electrons. The standard InChI is InChI=1S/C16H16N2O2/c17-15-7-6-13-9-18(10-14(13)8-15)16(19)20-11-12-4-2-1-3-5-12/h1-8H,9-11,17H2. The quantitative estimate of drug-likeness (QED) is 0.852. The van der Waals surface area contributed by atoms with Crippen molar-refractivity contribution in [1.29, 1.82) is 0 Å². The third kappa shape index (κ3) is 2.59. The Morgan fingerprint density at radius 3 is 2.65 bits per heavy atom. The van der Waals surface area contributed by atoms with Gasteiger partial charge in [-0.25, -0.2) is 4.79 Å². The summed E-state index contributed by atoms with van der Waals surface area (Å²) in [7, 11) is 0. The molecule has 4 nitrogen and oxygen atoms in total. The molecule has 0 saturated heterocycles. The van der Waals surface area contributed by atoms with Gasteiger partial charge in [-0.05, 0) is 28.8 Å². The molecular weight excluding hydrogens is 252 g/mol. The van der Waals surface area contributed by atoms with Gasteiger partial charge in [-0.15, -0.1) is 0 Å². The molecule has 20 heavy (non-hydrogen) atoms. The molecule has 1 aliphatic heterocycles. The molecule has 4 heteroatoms. The van der Waals surface area contributed by atoms with Crippen LogP contribution in [0.3, 0.4) is 0 Å². The van der Waals surface area contributed by atoms with Crippen LogP contribution in [-0.2, 0) is 24.4 Å². The number of ether oxygens (including phenoxy) is 1. The number of nitrogens with zero attached hydrogens (tertiary/aromatic N) is 1. The molecular formula is C16H16N2O2. The fraction of sp³-hybridized carbons (Fsp3) is 0.188. The molecule has 0 fully saturated rings. The van der Waals surface area contributed by atoms with Crippen molar-refractivity contribution in [2.45, 2.75) is 19.7 Å². The zero-order chi connectivity index (χ0) is 13.9. The largest absolute Gasteiger partial charge is 0.445 e. The van der Waals surface area contributed by atoms with Gasteiger partial charge in [0.15, 0.2) is 0 Å². The predicted molar refractivity (Wildman–Crippen MR) is 76.7 cm³/mol. The first kappa shape index (κ1) is 12.5. The van der Waals surface area contributed by atoms with E-state index in [-0.39, 0.29) is 6.09 Å².